The fraction of sp³-hybridized carbons (Fsp3) is 0.158. The number of nitrogens with zero attached hydrogens (tertiary/aromatic N) is 3. The molecule has 3 aromatic heterocycles. The molecule has 7 nitrogen and oxygen atoms in total. The van der Waals surface area contributed by atoms with Gasteiger partial charge in [-0.15, -0.1) is 0 Å². The minimum absolute atomic E-state index is 0.235. The second-order valence-electron chi connectivity index (χ2n) is 5.94. The van der Waals surface area contributed by atoms with Gasteiger partial charge in [-0.05, 0) is 37.3 Å². The first-order valence-electron chi connectivity index (χ1n) is 8.27. The van der Waals surface area contributed by atoms with Gasteiger partial charge in [-0.25, -0.2) is 9.97 Å². The fourth-order valence-electron chi connectivity index (χ4n) is 2.63. The number of rotatable bonds is 5. The predicted octanol–water partition coefficient (Wildman–Crippen LogP) is 4.37. The number of oxazole rings is 1. The highest BCUT2D eigenvalue weighted by molar-refractivity contribution is 7.98. The van der Waals surface area contributed by atoms with Crippen LogP contribution in [-0.2, 0) is 5.75 Å². The van der Waals surface area contributed by atoms with Crippen molar-refractivity contribution in [3.63, 3.8) is 0 Å². The lowest BCUT2D eigenvalue weighted by molar-refractivity contribution is 0.102. The molecule has 0 aliphatic rings. The number of aryl methyl sites for hydroxylation is 2. The number of benzene rings is 1. The minimum Gasteiger partial charge on any atom is -0.441 e. The average Bonchev–Trinajstić information content (AvgIpc) is 3.24. The summed E-state index contributed by atoms with van der Waals surface area (Å²) in [5, 5.41) is 7.49. The van der Waals surface area contributed by atoms with E-state index in [2.05, 4.69) is 20.4 Å². The van der Waals surface area contributed by atoms with Crippen LogP contribution in [0.15, 0.2) is 56.6 Å². The summed E-state index contributed by atoms with van der Waals surface area (Å²) in [7, 11) is 0. The van der Waals surface area contributed by atoms with Crippen molar-refractivity contribution in [3.8, 4) is 0 Å². The lowest BCUT2D eigenvalue weighted by Crippen LogP contribution is -2.13. The summed E-state index contributed by atoms with van der Waals surface area (Å²) in [6.07, 6.45) is 1.66. The standard InChI is InChI=1S/C19H16N4O3S/c1-11-8-14(23-26-11)10-27-19-15(4-3-7-20-19)18(24)22-13-5-6-17-16(9-13)21-12(2)25-17/h3-9H,10H2,1-2H3,(H,22,24). The molecule has 4 aromatic rings. The van der Waals surface area contributed by atoms with E-state index in [1.54, 1.807) is 43.5 Å². The highest BCUT2D eigenvalue weighted by Crippen LogP contribution is 2.25. The van der Waals surface area contributed by atoms with Gasteiger partial charge >= 0.3 is 0 Å². The Morgan fingerprint density at radius 2 is 2.11 bits per heavy atom. The Bertz CT molecular complexity index is 1120. The first kappa shape index (κ1) is 17.3. The number of carbonyl (C=O) groups excluding carboxylic acids is 1. The molecule has 0 aliphatic heterocycles. The first-order chi connectivity index (χ1) is 13.1. The van der Waals surface area contributed by atoms with E-state index >= 15 is 0 Å². The Morgan fingerprint density at radius 1 is 1.22 bits per heavy atom. The van der Waals surface area contributed by atoms with Crippen LogP contribution < -0.4 is 5.32 Å². The van der Waals surface area contributed by atoms with E-state index in [1.165, 1.54) is 11.8 Å². The molecule has 1 aromatic carbocycles. The highest BCUT2D eigenvalue weighted by Gasteiger charge is 2.15. The van der Waals surface area contributed by atoms with E-state index in [0.717, 1.165) is 11.5 Å². The van der Waals surface area contributed by atoms with E-state index in [-0.39, 0.29) is 5.91 Å². The molecule has 4 rings (SSSR count). The van der Waals surface area contributed by atoms with Crippen LogP contribution in [0.4, 0.5) is 5.69 Å². The van der Waals surface area contributed by atoms with Crippen molar-refractivity contribution in [1.29, 1.82) is 0 Å². The highest BCUT2D eigenvalue weighted by atomic mass is 32.2. The zero-order valence-corrected chi connectivity index (χ0v) is 15.5. The summed E-state index contributed by atoms with van der Waals surface area (Å²) in [5.74, 6) is 1.67. The molecular formula is C19H16N4O3S. The van der Waals surface area contributed by atoms with Crippen molar-refractivity contribution in [2.24, 2.45) is 0 Å². The van der Waals surface area contributed by atoms with Crippen molar-refractivity contribution in [3.05, 3.63) is 65.5 Å². The molecule has 0 fully saturated rings. The zero-order valence-electron chi connectivity index (χ0n) is 14.7. The summed E-state index contributed by atoms with van der Waals surface area (Å²) in [4.78, 5) is 21.4. The van der Waals surface area contributed by atoms with Gasteiger partial charge in [0.25, 0.3) is 5.91 Å². The molecule has 0 saturated carbocycles. The first-order valence-corrected chi connectivity index (χ1v) is 9.25. The molecule has 0 saturated heterocycles. The Balaban J connectivity index is 1.52. The van der Waals surface area contributed by atoms with Crippen LogP contribution in [0.1, 0.15) is 27.7 Å². The summed E-state index contributed by atoms with van der Waals surface area (Å²) >= 11 is 1.44. The van der Waals surface area contributed by atoms with Crippen LogP contribution in [0.25, 0.3) is 11.1 Å². The predicted molar refractivity (Wildman–Crippen MR) is 102 cm³/mol. The number of nitrogens with one attached hydrogen (secondary N) is 1. The van der Waals surface area contributed by atoms with Gasteiger partial charge in [0.05, 0.1) is 11.3 Å². The Labute approximate surface area is 159 Å². The van der Waals surface area contributed by atoms with Crippen LogP contribution in [-0.4, -0.2) is 21.0 Å². The third-order valence-electron chi connectivity index (χ3n) is 3.80. The molecule has 0 bridgehead atoms. The zero-order chi connectivity index (χ0) is 18.8. The molecule has 0 aliphatic carbocycles. The van der Waals surface area contributed by atoms with Gasteiger partial charge in [-0.3, -0.25) is 4.79 Å². The number of aromatic nitrogens is 3. The van der Waals surface area contributed by atoms with Crippen LogP contribution in [0.3, 0.4) is 0 Å². The number of carbonyl (C=O) groups is 1. The Morgan fingerprint density at radius 3 is 2.93 bits per heavy atom. The molecule has 0 radical (unpaired) electrons. The fourth-order valence-corrected chi connectivity index (χ4v) is 3.50. The average molecular weight is 380 g/mol. The van der Waals surface area contributed by atoms with E-state index < -0.39 is 0 Å². The number of fused-ring (bicyclic) bond motifs is 1. The third kappa shape index (κ3) is 3.85. The van der Waals surface area contributed by atoms with Crippen molar-refractivity contribution in [2.75, 3.05) is 5.32 Å². The summed E-state index contributed by atoms with van der Waals surface area (Å²) in [6.45, 7) is 3.63. The largest absolute Gasteiger partial charge is 0.441 e. The van der Waals surface area contributed by atoms with Crippen LogP contribution in [0, 0.1) is 13.8 Å². The van der Waals surface area contributed by atoms with Crippen LogP contribution in [0.2, 0.25) is 0 Å². The van der Waals surface area contributed by atoms with Gasteiger partial charge in [-0.2, -0.15) is 0 Å². The van der Waals surface area contributed by atoms with Gasteiger partial charge in [0.15, 0.2) is 11.5 Å². The number of hydrogen-bond donors (Lipinski definition) is 1. The second-order valence-corrected chi connectivity index (χ2v) is 6.91. The van der Waals surface area contributed by atoms with E-state index in [4.69, 9.17) is 8.94 Å². The summed E-state index contributed by atoms with van der Waals surface area (Å²) < 4.78 is 10.5. The number of amides is 1. The number of anilines is 1. The van der Waals surface area contributed by atoms with E-state index in [0.29, 0.717) is 39.0 Å². The normalized spacial score (nSPS) is 11.0. The Kier molecular flexibility index (Phi) is 4.64. The van der Waals surface area contributed by atoms with Gasteiger partial charge in [0.2, 0.25) is 0 Å². The van der Waals surface area contributed by atoms with Gasteiger partial charge in [0.1, 0.15) is 16.3 Å². The molecule has 136 valence electrons. The summed E-state index contributed by atoms with van der Waals surface area (Å²) in [5.41, 5.74) is 3.34. The lowest BCUT2D eigenvalue weighted by Gasteiger charge is -2.08. The van der Waals surface area contributed by atoms with Gasteiger partial charge in [0, 0.05) is 30.6 Å². The van der Waals surface area contributed by atoms with Crippen molar-refractivity contribution >= 4 is 34.5 Å². The minimum atomic E-state index is -0.235. The van der Waals surface area contributed by atoms with Crippen molar-refractivity contribution < 1.29 is 13.7 Å². The maximum absolute atomic E-state index is 12.7. The molecule has 0 atom stereocenters. The van der Waals surface area contributed by atoms with Crippen molar-refractivity contribution in [2.45, 2.75) is 24.6 Å². The third-order valence-corrected chi connectivity index (χ3v) is 4.84. The molecular weight excluding hydrogens is 364 g/mol. The SMILES string of the molecule is Cc1cc(CSc2ncccc2C(=O)Nc2ccc3oc(C)nc3c2)no1. The molecule has 1 N–H and O–H groups in total. The van der Waals surface area contributed by atoms with E-state index in [1.807, 2.05) is 13.0 Å². The molecule has 0 unspecified atom stereocenters. The maximum atomic E-state index is 12.7. The second kappa shape index (κ2) is 7.24. The topological polar surface area (TPSA) is 94.1 Å². The quantitative estimate of drug-likeness (QED) is 0.514. The number of hydrogen-bond acceptors (Lipinski definition) is 7. The number of thioether (sulfide) groups is 1. The smallest absolute Gasteiger partial charge is 0.258 e. The monoisotopic (exact) mass is 380 g/mol. The van der Waals surface area contributed by atoms with E-state index in [9.17, 15) is 4.79 Å². The molecule has 27 heavy (non-hydrogen) atoms. The van der Waals surface area contributed by atoms with Gasteiger partial charge in [-0.1, -0.05) is 16.9 Å². The molecule has 8 heteroatoms. The van der Waals surface area contributed by atoms with Crippen LogP contribution in [0.5, 0.6) is 0 Å². The Hall–Kier alpha value is -3.13. The summed E-state index contributed by atoms with van der Waals surface area (Å²) in [6, 6.07) is 10.7. The molecule has 3 heterocycles. The van der Waals surface area contributed by atoms with Crippen LogP contribution >= 0.6 is 11.8 Å². The maximum Gasteiger partial charge on any atom is 0.258 e. The molecule has 1 amide bonds. The molecule has 0 spiro atoms. The van der Waals surface area contributed by atoms with Gasteiger partial charge < -0.3 is 14.3 Å². The van der Waals surface area contributed by atoms with Crippen molar-refractivity contribution in [1.82, 2.24) is 15.1 Å². The number of pyridine rings is 1. The lowest BCUT2D eigenvalue weighted by atomic mass is 10.2.